The Labute approximate surface area is 134 Å². The van der Waals surface area contributed by atoms with Crippen LogP contribution in [0.5, 0.6) is 0 Å². The van der Waals surface area contributed by atoms with Crippen molar-refractivity contribution in [2.45, 2.75) is 6.54 Å². The van der Waals surface area contributed by atoms with Crippen molar-refractivity contribution in [1.82, 2.24) is 0 Å². The highest BCUT2D eigenvalue weighted by molar-refractivity contribution is 14.1. The molecule has 0 aliphatic heterocycles. The molecule has 19 heavy (non-hydrogen) atoms. The Morgan fingerprint density at radius 1 is 1.32 bits per heavy atom. The van der Waals surface area contributed by atoms with Gasteiger partial charge in [0, 0.05) is 24.1 Å². The summed E-state index contributed by atoms with van der Waals surface area (Å²) in [7, 11) is 1.90. The fourth-order valence-electron chi connectivity index (χ4n) is 1.88. The molecule has 0 aromatic heterocycles. The van der Waals surface area contributed by atoms with E-state index in [-0.39, 0.29) is 5.82 Å². The Morgan fingerprint density at radius 2 is 2.05 bits per heavy atom. The third-order valence-corrected chi connectivity index (χ3v) is 4.11. The number of rotatable bonds is 3. The topological polar surface area (TPSA) is 29.3 Å². The highest BCUT2D eigenvalue weighted by Crippen LogP contribution is 2.28. The number of hydrogen-bond acceptors (Lipinski definition) is 2. The molecule has 0 amide bonds. The van der Waals surface area contributed by atoms with E-state index >= 15 is 0 Å². The van der Waals surface area contributed by atoms with Gasteiger partial charge in [0.25, 0.3) is 0 Å². The first-order valence-corrected chi connectivity index (χ1v) is 7.54. The molecule has 0 saturated heterocycles. The molecule has 2 aromatic carbocycles. The van der Waals surface area contributed by atoms with Crippen molar-refractivity contribution in [3.63, 3.8) is 0 Å². The Hall–Kier alpha value is -0.820. The van der Waals surface area contributed by atoms with Crippen LogP contribution in [-0.2, 0) is 6.54 Å². The summed E-state index contributed by atoms with van der Waals surface area (Å²) in [5.74, 6) is -0.245. The molecular weight excluding hydrogens is 422 g/mol. The van der Waals surface area contributed by atoms with E-state index in [9.17, 15) is 4.39 Å². The first-order chi connectivity index (χ1) is 8.97. The highest BCUT2D eigenvalue weighted by atomic mass is 127. The van der Waals surface area contributed by atoms with Gasteiger partial charge < -0.3 is 10.6 Å². The standard InChI is InChI=1S/C14H13BrFIN2/c1-19(8-9-3-2-4-10(15)5-9)14-6-11(16)12(17)7-13(14)18/h2-7H,8,18H2,1H3. The fraction of sp³-hybridized carbons (Fsp3) is 0.143. The van der Waals surface area contributed by atoms with Gasteiger partial charge in [0.1, 0.15) is 5.82 Å². The lowest BCUT2D eigenvalue weighted by Gasteiger charge is -2.21. The van der Waals surface area contributed by atoms with Crippen LogP contribution in [0.4, 0.5) is 15.8 Å². The number of anilines is 2. The summed E-state index contributed by atoms with van der Waals surface area (Å²) in [5.41, 5.74) is 8.38. The minimum atomic E-state index is -0.245. The molecule has 0 aliphatic rings. The van der Waals surface area contributed by atoms with Crippen molar-refractivity contribution >= 4 is 49.9 Å². The molecule has 2 rings (SSSR count). The summed E-state index contributed by atoms with van der Waals surface area (Å²) in [6, 6.07) is 11.2. The second-order valence-electron chi connectivity index (χ2n) is 4.31. The SMILES string of the molecule is CN(Cc1cccc(Br)c1)c1cc(F)c(I)cc1N. The van der Waals surface area contributed by atoms with Crippen LogP contribution in [0.3, 0.4) is 0 Å². The minimum Gasteiger partial charge on any atom is -0.397 e. The largest absolute Gasteiger partial charge is 0.397 e. The van der Waals surface area contributed by atoms with Gasteiger partial charge >= 0.3 is 0 Å². The molecule has 0 unspecified atom stereocenters. The molecule has 2 aromatic rings. The van der Waals surface area contributed by atoms with Gasteiger partial charge in [-0.3, -0.25) is 0 Å². The van der Waals surface area contributed by atoms with Crippen LogP contribution in [0, 0.1) is 9.39 Å². The highest BCUT2D eigenvalue weighted by Gasteiger charge is 2.10. The van der Waals surface area contributed by atoms with E-state index in [1.807, 2.05) is 58.8 Å². The van der Waals surface area contributed by atoms with Crippen LogP contribution in [0.25, 0.3) is 0 Å². The lowest BCUT2D eigenvalue weighted by atomic mass is 10.2. The summed E-state index contributed by atoms with van der Waals surface area (Å²) >= 11 is 5.38. The van der Waals surface area contributed by atoms with E-state index in [2.05, 4.69) is 15.9 Å². The summed E-state index contributed by atoms with van der Waals surface area (Å²) in [4.78, 5) is 1.94. The van der Waals surface area contributed by atoms with Gasteiger partial charge in [-0.1, -0.05) is 28.1 Å². The quantitative estimate of drug-likeness (QED) is 0.572. The molecule has 0 spiro atoms. The van der Waals surface area contributed by atoms with E-state index in [0.29, 0.717) is 21.5 Å². The van der Waals surface area contributed by atoms with Crippen molar-refractivity contribution in [3.8, 4) is 0 Å². The molecule has 0 bridgehead atoms. The smallest absolute Gasteiger partial charge is 0.138 e. The molecule has 0 radical (unpaired) electrons. The van der Waals surface area contributed by atoms with E-state index in [1.54, 1.807) is 6.07 Å². The van der Waals surface area contributed by atoms with Crippen LogP contribution in [-0.4, -0.2) is 7.05 Å². The monoisotopic (exact) mass is 434 g/mol. The Bertz CT molecular complexity index is 604. The Morgan fingerprint density at radius 3 is 2.74 bits per heavy atom. The third kappa shape index (κ3) is 3.60. The number of hydrogen-bond donors (Lipinski definition) is 1. The predicted molar refractivity (Wildman–Crippen MR) is 89.8 cm³/mol. The van der Waals surface area contributed by atoms with Gasteiger partial charge in [-0.15, -0.1) is 0 Å². The number of nitrogen functional groups attached to an aromatic ring is 1. The van der Waals surface area contributed by atoms with Crippen LogP contribution in [0.1, 0.15) is 5.56 Å². The van der Waals surface area contributed by atoms with Crippen LogP contribution in [0.15, 0.2) is 40.9 Å². The van der Waals surface area contributed by atoms with Crippen molar-refractivity contribution in [2.24, 2.45) is 0 Å². The molecule has 0 saturated carbocycles. The molecule has 0 atom stereocenters. The lowest BCUT2D eigenvalue weighted by molar-refractivity contribution is 0.620. The molecular formula is C14H13BrFIN2. The van der Waals surface area contributed by atoms with E-state index in [1.165, 1.54) is 6.07 Å². The van der Waals surface area contributed by atoms with Gasteiger partial charge in [0.2, 0.25) is 0 Å². The first-order valence-electron chi connectivity index (χ1n) is 5.67. The number of nitrogens with zero attached hydrogens (tertiary/aromatic N) is 1. The van der Waals surface area contributed by atoms with Crippen LogP contribution >= 0.6 is 38.5 Å². The average molecular weight is 435 g/mol. The van der Waals surface area contributed by atoms with E-state index < -0.39 is 0 Å². The fourth-order valence-corrected chi connectivity index (χ4v) is 2.81. The second-order valence-corrected chi connectivity index (χ2v) is 6.39. The number of benzene rings is 2. The van der Waals surface area contributed by atoms with Gasteiger partial charge in [-0.2, -0.15) is 0 Å². The Kier molecular flexibility index (Phi) is 4.67. The van der Waals surface area contributed by atoms with Gasteiger partial charge in [0.05, 0.1) is 14.9 Å². The normalized spacial score (nSPS) is 10.5. The van der Waals surface area contributed by atoms with Crippen LogP contribution < -0.4 is 10.6 Å². The third-order valence-electron chi connectivity index (χ3n) is 2.79. The Balaban J connectivity index is 2.25. The summed E-state index contributed by atoms with van der Waals surface area (Å²) in [6.07, 6.45) is 0. The zero-order chi connectivity index (χ0) is 14.0. The van der Waals surface area contributed by atoms with Gasteiger partial charge in [0.15, 0.2) is 0 Å². The molecule has 100 valence electrons. The average Bonchev–Trinajstić information content (AvgIpc) is 2.33. The van der Waals surface area contributed by atoms with Crippen molar-refractivity contribution in [3.05, 3.63) is 55.8 Å². The summed E-state index contributed by atoms with van der Waals surface area (Å²) in [6.45, 7) is 0.670. The zero-order valence-electron chi connectivity index (χ0n) is 10.3. The summed E-state index contributed by atoms with van der Waals surface area (Å²) in [5, 5.41) is 0. The van der Waals surface area contributed by atoms with Gasteiger partial charge in [-0.25, -0.2) is 4.39 Å². The number of halogens is 3. The van der Waals surface area contributed by atoms with Crippen LogP contribution in [0.2, 0.25) is 0 Å². The number of nitrogens with two attached hydrogens (primary N) is 1. The minimum absolute atomic E-state index is 0.245. The predicted octanol–water partition coefficient (Wildman–Crippen LogP) is 4.41. The summed E-state index contributed by atoms with van der Waals surface area (Å²) < 4.78 is 15.2. The first kappa shape index (κ1) is 14.6. The van der Waals surface area contributed by atoms with Crippen molar-refractivity contribution < 1.29 is 4.39 Å². The molecule has 2 N–H and O–H groups in total. The van der Waals surface area contributed by atoms with E-state index in [0.717, 1.165) is 10.0 Å². The van der Waals surface area contributed by atoms with Crippen molar-refractivity contribution in [1.29, 1.82) is 0 Å². The maximum Gasteiger partial charge on any atom is 0.138 e. The molecule has 0 fully saturated rings. The molecule has 0 heterocycles. The van der Waals surface area contributed by atoms with E-state index in [4.69, 9.17) is 5.73 Å². The van der Waals surface area contributed by atoms with Crippen molar-refractivity contribution in [2.75, 3.05) is 17.7 Å². The van der Waals surface area contributed by atoms with Gasteiger partial charge in [-0.05, 0) is 46.4 Å². The maximum absolute atomic E-state index is 13.6. The molecule has 2 nitrogen and oxygen atoms in total. The lowest BCUT2D eigenvalue weighted by Crippen LogP contribution is -2.18. The molecule has 5 heteroatoms. The zero-order valence-corrected chi connectivity index (χ0v) is 14.1. The second kappa shape index (κ2) is 6.09. The molecule has 0 aliphatic carbocycles. The maximum atomic E-state index is 13.6.